The van der Waals surface area contributed by atoms with Crippen LogP contribution in [0.2, 0.25) is 0 Å². The molecule has 3 heteroatoms. The lowest BCUT2D eigenvalue weighted by atomic mass is 10.00. The summed E-state index contributed by atoms with van der Waals surface area (Å²) in [5.41, 5.74) is 4.11. The molecule has 0 aliphatic heterocycles. The highest BCUT2D eigenvalue weighted by Crippen LogP contribution is 2.26. The van der Waals surface area contributed by atoms with Crippen LogP contribution in [0, 0.1) is 5.82 Å². The Labute approximate surface area is 136 Å². The number of aromatic nitrogens is 1. The van der Waals surface area contributed by atoms with E-state index in [1.807, 2.05) is 18.3 Å². The van der Waals surface area contributed by atoms with E-state index < -0.39 is 0 Å². The average molecular weight is 308 g/mol. The van der Waals surface area contributed by atoms with E-state index in [9.17, 15) is 4.39 Å². The summed E-state index contributed by atoms with van der Waals surface area (Å²) < 4.78 is 13.5. The molecule has 1 heterocycles. The second kappa shape index (κ2) is 6.88. The molecule has 2 nitrogen and oxygen atoms in total. The number of fused-ring (bicyclic) bond motifs is 1. The van der Waals surface area contributed by atoms with Crippen molar-refractivity contribution in [2.75, 3.05) is 20.6 Å². The number of benzene rings is 2. The van der Waals surface area contributed by atoms with Crippen LogP contribution < -0.4 is 0 Å². The van der Waals surface area contributed by atoms with Crippen molar-refractivity contribution in [3.63, 3.8) is 0 Å². The third-order valence-corrected chi connectivity index (χ3v) is 4.03. The van der Waals surface area contributed by atoms with Crippen molar-refractivity contribution in [1.29, 1.82) is 0 Å². The molecule has 0 aliphatic rings. The lowest BCUT2D eigenvalue weighted by Gasteiger charge is -2.11. The molecule has 0 spiro atoms. The molecule has 23 heavy (non-hydrogen) atoms. The molecule has 118 valence electrons. The molecule has 3 aromatic rings. The molecule has 0 aliphatic carbocycles. The molecule has 0 N–H and O–H groups in total. The Balaban J connectivity index is 1.97. The van der Waals surface area contributed by atoms with Gasteiger partial charge in [-0.15, -0.1) is 0 Å². The van der Waals surface area contributed by atoms with Crippen molar-refractivity contribution >= 4 is 10.9 Å². The van der Waals surface area contributed by atoms with Gasteiger partial charge in [-0.1, -0.05) is 24.3 Å². The minimum atomic E-state index is -0.220. The molecule has 0 radical (unpaired) electrons. The predicted molar refractivity (Wildman–Crippen MR) is 94.0 cm³/mol. The van der Waals surface area contributed by atoms with Gasteiger partial charge in [0.15, 0.2) is 0 Å². The van der Waals surface area contributed by atoms with Crippen LogP contribution in [0.25, 0.3) is 22.0 Å². The highest BCUT2D eigenvalue weighted by Gasteiger charge is 2.06. The molecule has 0 fully saturated rings. The van der Waals surface area contributed by atoms with E-state index in [-0.39, 0.29) is 5.82 Å². The van der Waals surface area contributed by atoms with E-state index >= 15 is 0 Å². The average Bonchev–Trinajstić information content (AvgIpc) is 2.54. The number of pyridine rings is 1. The van der Waals surface area contributed by atoms with Crippen LogP contribution >= 0.6 is 0 Å². The summed E-state index contributed by atoms with van der Waals surface area (Å²) in [7, 11) is 4.18. The second-order valence-corrected chi connectivity index (χ2v) is 6.12. The molecule has 0 amide bonds. The Hall–Kier alpha value is -2.26. The number of nitrogens with zero attached hydrogens (tertiary/aromatic N) is 2. The molecular formula is C20H21FN2. The standard InChI is InChI=1S/C20H21FN2/c1-23(2)11-5-8-15-6-4-10-20-19(15)13-17(14-22-20)16-7-3-9-18(21)12-16/h3-4,6-7,9-10,12-14H,5,8,11H2,1-2H3. The van der Waals surface area contributed by atoms with Gasteiger partial charge in [-0.25, -0.2) is 4.39 Å². The molecule has 0 atom stereocenters. The quantitative estimate of drug-likeness (QED) is 0.688. The Morgan fingerprint density at radius 1 is 1.00 bits per heavy atom. The predicted octanol–water partition coefficient (Wildman–Crippen LogP) is 4.54. The largest absolute Gasteiger partial charge is 0.309 e. The van der Waals surface area contributed by atoms with Gasteiger partial charge < -0.3 is 4.90 Å². The molecule has 0 saturated carbocycles. The monoisotopic (exact) mass is 308 g/mol. The van der Waals surface area contributed by atoms with Gasteiger partial charge >= 0.3 is 0 Å². The first kappa shape index (κ1) is 15.6. The van der Waals surface area contributed by atoms with Crippen molar-refractivity contribution < 1.29 is 4.39 Å². The van der Waals surface area contributed by atoms with Crippen LogP contribution in [-0.2, 0) is 6.42 Å². The van der Waals surface area contributed by atoms with Crippen molar-refractivity contribution in [3.05, 3.63) is 66.1 Å². The van der Waals surface area contributed by atoms with Gasteiger partial charge in [0, 0.05) is 17.1 Å². The summed E-state index contributed by atoms with van der Waals surface area (Å²) >= 11 is 0. The summed E-state index contributed by atoms with van der Waals surface area (Å²) in [5, 5.41) is 1.16. The van der Waals surface area contributed by atoms with Crippen LogP contribution in [0.5, 0.6) is 0 Å². The third-order valence-electron chi connectivity index (χ3n) is 4.03. The van der Waals surface area contributed by atoms with Gasteiger partial charge in [0.1, 0.15) is 5.82 Å². The van der Waals surface area contributed by atoms with Gasteiger partial charge in [0.05, 0.1) is 5.52 Å². The first-order chi connectivity index (χ1) is 11.1. The molecule has 0 saturated heterocycles. The summed E-state index contributed by atoms with van der Waals surface area (Å²) in [6.45, 7) is 1.06. The van der Waals surface area contributed by atoms with Gasteiger partial charge in [-0.05, 0) is 68.9 Å². The first-order valence-electron chi connectivity index (χ1n) is 7.92. The fourth-order valence-electron chi connectivity index (χ4n) is 2.84. The third kappa shape index (κ3) is 3.74. The molecule has 2 aromatic carbocycles. The molecule has 1 aromatic heterocycles. The van der Waals surface area contributed by atoms with Crippen LogP contribution in [0.1, 0.15) is 12.0 Å². The number of aryl methyl sites for hydroxylation is 1. The SMILES string of the molecule is CN(C)CCCc1cccc2ncc(-c3cccc(F)c3)cc12. The van der Waals surface area contributed by atoms with Gasteiger partial charge in [-0.3, -0.25) is 4.98 Å². The minimum Gasteiger partial charge on any atom is -0.309 e. The maximum atomic E-state index is 13.5. The van der Waals surface area contributed by atoms with Gasteiger partial charge in [0.2, 0.25) is 0 Å². The summed E-state index contributed by atoms with van der Waals surface area (Å²) in [6.07, 6.45) is 3.95. The fraction of sp³-hybridized carbons (Fsp3) is 0.250. The zero-order valence-electron chi connectivity index (χ0n) is 13.6. The lowest BCUT2D eigenvalue weighted by Crippen LogP contribution is -2.13. The Morgan fingerprint density at radius 2 is 1.83 bits per heavy atom. The summed E-state index contributed by atoms with van der Waals surface area (Å²) in [6, 6.07) is 15.0. The zero-order chi connectivity index (χ0) is 16.2. The fourth-order valence-corrected chi connectivity index (χ4v) is 2.84. The normalized spacial score (nSPS) is 11.3. The van der Waals surface area contributed by atoms with E-state index in [1.54, 1.807) is 12.1 Å². The number of hydrogen-bond acceptors (Lipinski definition) is 2. The molecule has 3 rings (SSSR count). The van der Waals surface area contributed by atoms with E-state index in [0.717, 1.165) is 41.4 Å². The maximum absolute atomic E-state index is 13.5. The lowest BCUT2D eigenvalue weighted by molar-refractivity contribution is 0.400. The van der Waals surface area contributed by atoms with E-state index in [2.05, 4.69) is 42.2 Å². The summed E-state index contributed by atoms with van der Waals surface area (Å²) in [4.78, 5) is 6.75. The summed E-state index contributed by atoms with van der Waals surface area (Å²) in [5.74, 6) is -0.220. The van der Waals surface area contributed by atoms with E-state index in [0.29, 0.717) is 0 Å². The van der Waals surface area contributed by atoms with Crippen molar-refractivity contribution in [3.8, 4) is 11.1 Å². The van der Waals surface area contributed by atoms with Crippen LogP contribution in [0.3, 0.4) is 0 Å². The molecular weight excluding hydrogens is 287 g/mol. The number of halogens is 1. The maximum Gasteiger partial charge on any atom is 0.123 e. The first-order valence-corrected chi connectivity index (χ1v) is 7.92. The number of rotatable bonds is 5. The van der Waals surface area contributed by atoms with Crippen molar-refractivity contribution in [1.82, 2.24) is 9.88 Å². The van der Waals surface area contributed by atoms with Gasteiger partial charge in [0.25, 0.3) is 0 Å². The minimum absolute atomic E-state index is 0.220. The van der Waals surface area contributed by atoms with Crippen molar-refractivity contribution in [2.24, 2.45) is 0 Å². The topological polar surface area (TPSA) is 16.1 Å². The Morgan fingerprint density at radius 3 is 2.61 bits per heavy atom. The smallest absolute Gasteiger partial charge is 0.123 e. The van der Waals surface area contributed by atoms with E-state index in [4.69, 9.17) is 0 Å². The Bertz CT molecular complexity index is 812. The number of hydrogen-bond donors (Lipinski definition) is 0. The van der Waals surface area contributed by atoms with Gasteiger partial charge in [-0.2, -0.15) is 0 Å². The van der Waals surface area contributed by atoms with Crippen molar-refractivity contribution in [2.45, 2.75) is 12.8 Å². The highest BCUT2D eigenvalue weighted by molar-refractivity contribution is 5.86. The second-order valence-electron chi connectivity index (χ2n) is 6.12. The molecule has 0 bridgehead atoms. The van der Waals surface area contributed by atoms with Crippen LogP contribution in [0.15, 0.2) is 54.7 Å². The molecule has 0 unspecified atom stereocenters. The van der Waals surface area contributed by atoms with E-state index in [1.165, 1.54) is 11.6 Å². The van der Waals surface area contributed by atoms with Crippen LogP contribution in [0.4, 0.5) is 4.39 Å². The Kier molecular flexibility index (Phi) is 4.68. The van der Waals surface area contributed by atoms with Crippen LogP contribution in [-0.4, -0.2) is 30.5 Å². The highest BCUT2D eigenvalue weighted by atomic mass is 19.1. The zero-order valence-corrected chi connectivity index (χ0v) is 13.6.